The van der Waals surface area contributed by atoms with Crippen LogP contribution < -0.4 is 10.2 Å². The number of carbonyl (C=O) groups excluding carboxylic acids is 1. The molecule has 30 heavy (non-hydrogen) atoms. The number of hydrogen-bond acceptors (Lipinski definition) is 6. The highest BCUT2D eigenvalue weighted by Crippen LogP contribution is 2.14. The Hall–Kier alpha value is -3.32. The van der Waals surface area contributed by atoms with E-state index < -0.39 is 0 Å². The molecule has 1 saturated heterocycles. The smallest absolute Gasteiger partial charge is 0.254 e. The Kier molecular flexibility index (Phi) is 6.29. The molecular weight excluding hydrogens is 376 g/mol. The molecule has 1 aliphatic heterocycles. The van der Waals surface area contributed by atoms with E-state index in [0.29, 0.717) is 11.4 Å². The molecule has 1 fully saturated rings. The predicted octanol–water partition coefficient (Wildman–Crippen LogP) is 2.48. The summed E-state index contributed by atoms with van der Waals surface area (Å²) in [4.78, 5) is 30.3. The average molecular weight is 403 g/mol. The van der Waals surface area contributed by atoms with Crippen molar-refractivity contribution in [2.45, 2.75) is 13.0 Å². The lowest BCUT2D eigenvalue weighted by molar-refractivity contribution is 0.0927. The fourth-order valence-corrected chi connectivity index (χ4v) is 3.62. The van der Waals surface area contributed by atoms with Crippen molar-refractivity contribution >= 4 is 11.7 Å². The first kappa shape index (κ1) is 20.0. The molecule has 3 heterocycles. The number of rotatable bonds is 6. The summed E-state index contributed by atoms with van der Waals surface area (Å²) < 4.78 is 0. The first-order valence-electron chi connectivity index (χ1n) is 10.3. The maximum atomic E-state index is 12.6. The molecule has 154 valence electrons. The third-order valence-corrected chi connectivity index (χ3v) is 5.20. The average Bonchev–Trinajstić information content (AvgIpc) is 2.81. The van der Waals surface area contributed by atoms with Crippen molar-refractivity contribution in [1.82, 2.24) is 25.2 Å². The molecule has 1 aromatic carbocycles. The van der Waals surface area contributed by atoms with Crippen LogP contribution in [0.5, 0.6) is 0 Å². The van der Waals surface area contributed by atoms with Gasteiger partial charge in [-0.3, -0.25) is 9.69 Å². The summed E-state index contributed by atoms with van der Waals surface area (Å²) in [5, 5.41) is 3.06. The first-order valence-corrected chi connectivity index (χ1v) is 10.3. The van der Waals surface area contributed by atoms with Crippen molar-refractivity contribution in [3.05, 3.63) is 72.7 Å². The molecule has 0 bridgehead atoms. The van der Waals surface area contributed by atoms with Crippen LogP contribution in [0.4, 0.5) is 5.82 Å². The summed E-state index contributed by atoms with van der Waals surface area (Å²) in [5.41, 5.74) is 1.41. The number of piperazine rings is 1. The number of nitrogens with zero attached hydrogens (tertiary/aromatic N) is 5. The molecule has 1 atom stereocenters. The fourth-order valence-electron chi connectivity index (χ4n) is 3.62. The van der Waals surface area contributed by atoms with Gasteiger partial charge in [0.1, 0.15) is 5.82 Å². The number of nitrogens with one attached hydrogen (secondary N) is 1. The number of hydrogen-bond donors (Lipinski definition) is 1. The van der Waals surface area contributed by atoms with Crippen molar-refractivity contribution in [2.75, 3.05) is 37.6 Å². The monoisotopic (exact) mass is 402 g/mol. The highest BCUT2D eigenvalue weighted by atomic mass is 16.1. The molecular formula is C23H26N6O. The third-order valence-electron chi connectivity index (χ3n) is 5.20. The second-order valence-corrected chi connectivity index (χ2v) is 7.51. The molecule has 3 aromatic rings. The summed E-state index contributed by atoms with van der Waals surface area (Å²) in [6.07, 6.45) is 5.00. The van der Waals surface area contributed by atoms with Crippen molar-refractivity contribution in [3.8, 4) is 11.4 Å². The van der Waals surface area contributed by atoms with Crippen LogP contribution in [0, 0.1) is 0 Å². The minimum absolute atomic E-state index is 0.0349. The molecule has 1 N–H and O–H groups in total. The minimum Gasteiger partial charge on any atom is -0.354 e. The summed E-state index contributed by atoms with van der Waals surface area (Å²) >= 11 is 0. The lowest BCUT2D eigenvalue weighted by atomic mass is 10.2. The van der Waals surface area contributed by atoms with Gasteiger partial charge in [0, 0.05) is 62.9 Å². The van der Waals surface area contributed by atoms with Crippen LogP contribution in [-0.4, -0.2) is 64.5 Å². The van der Waals surface area contributed by atoms with Gasteiger partial charge in [0.05, 0.1) is 5.56 Å². The quantitative estimate of drug-likeness (QED) is 0.683. The van der Waals surface area contributed by atoms with E-state index in [1.165, 1.54) is 0 Å². The van der Waals surface area contributed by atoms with Gasteiger partial charge in [-0.2, -0.15) is 0 Å². The Morgan fingerprint density at radius 3 is 2.33 bits per heavy atom. The standard InChI is InChI=1S/C23H26N6O/c1-18(17-28-11-13-29(14-12-28)21-9-5-6-10-24-21)27-23(30)20-15-25-22(26-16-20)19-7-3-2-4-8-19/h2-10,15-16,18H,11-14,17H2,1H3,(H,27,30). The van der Waals surface area contributed by atoms with Crippen LogP contribution in [0.3, 0.4) is 0 Å². The van der Waals surface area contributed by atoms with E-state index in [2.05, 4.69) is 30.1 Å². The normalized spacial score (nSPS) is 15.6. The van der Waals surface area contributed by atoms with Crippen molar-refractivity contribution < 1.29 is 4.79 Å². The fraction of sp³-hybridized carbons (Fsp3) is 0.304. The van der Waals surface area contributed by atoms with Gasteiger partial charge in [-0.25, -0.2) is 15.0 Å². The number of anilines is 1. The van der Waals surface area contributed by atoms with Gasteiger partial charge in [0.25, 0.3) is 5.91 Å². The Morgan fingerprint density at radius 1 is 0.967 bits per heavy atom. The van der Waals surface area contributed by atoms with Gasteiger partial charge >= 0.3 is 0 Å². The van der Waals surface area contributed by atoms with Gasteiger partial charge < -0.3 is 10.2 Å². The van der Waals surface area contributed by atoms with Crippen LogP contribution in [0.2, 0.25) is 0 Å². The Morgan fingerprint density at radius 2 is 1.67 bits per heavy atom. The van der Waals surface area contributed by atoms with Crippen LogP contribution in [0.25, 0.3) is 11.4 Å². The molecule has 7 heteroatoms. The van der Waals surface area contributed by atoms with Crippen molar-refractivity contribution in [2.24, 2.45) is 0 Å². The largest absolute Gasteiger partial charge is 0.354 e. The topological polar surface area (TPSA) is 74.2 Å². The van der Waals surface area contributed by atoms with Crippen molar-refractivity contribution in [3.63, 3.8) is 0 Å². The molecule has 0 spiro atoms. The number of pyridine rings is 1. The Labute approximate surface area is 176 Å². The van der Waals surface area contributed by atoms with Crippen LogP contribution in [0.1, 0.15) is 17.3 Å². The maximum absolute atomic E-state index is 12.6. The molecule has 0 radical (unpaired) electrons. The second-order valence-electron chi connectivity index (χ2n) is 7.51. The van der Waals surface area contributed by atoms with E-state index in [-0.39, 0.29) is 11.9 Å². The summed E-state index contributed by atoms with van der Waals surface area (Å²) in [5.74, 6) is 1.50. The van der Waals surface area contributed by atoms with E-state index >= 15 is 0 Å². The molecule has 1 amide bonds. The summed E-state index contributed by atoms with van der Waals surface area (Å²) in [6, 6.07) is 15.8. The van der Waals surface area contributed by atoms with E-state index in [1.54, 1.807) is 12.4 Å². The molecule has 2 aromatic heterocycles. The first-order chi connectivity index (χ1) is 14.7. The summed E-state index contributed by atoms with van der Waals surface area (Å²) in [7, 11) is 0. The molecule has 1 aliphatic rings. The van der Waals surface area contributed by atoms with E-state index in [1.807, 2.05) is 61.7 Å². The molecule has 7 nitrogen and oxygen atoms in total. The van der Waals surface area contributed by atoms with E-state index in [0.717, 1.165) is 44.1 Å². The molecule has 0 saturated carbocycles. The lowest BCUT2D eigenvalue weighted by Crippen LogP contribution is -2.51. The van der Waals surface area contributed by atoms with Crippen LogP contribution >= 0.6 is 0 Å². The zero-order valence-electron chi connectivity index (χ0n) is 17.1. The van der Waals surface area contributed by atoms with Gasteiger partial charge in [-0.05, 0) is 19.1 Å². The van der Waals surface area contributed by atoms with Gasteiger partial charge in [-0.15, -0.1) is 0 Å². The van der Waals surface area contributed by atoms with Crippen molar-refractivity contribution in [1.29, 1.82) is 0 Å². The van der Waals surface area contributed by atoms with E-state index in [4.69, 9.17) is 0 Å². The number of benzene rings is 1. The highest BCUT2D eigenvalue weighted by molar-refractivity contribution is 5.93. The second kappa shape index (κ2) is 9.45. The molecule has 1 unspecified atom stereocenters. The van der Waals surface area contributed by atoms with Gasteiger partial charge in [0.15, 0.2) is 5.82 Å². The maximum Gasteiger partial charge on any atom is 0.254 e. The zero-order chi connectivity index (χ0) is 20.8. The third kappa shape index (κ3) is 4.99. The Bertz CT molecular complexity index is 940. The molecule has 0 aliphatic carbocycles. The number of aromatic nitrogens is 3. The van der Waals surface area contributed by atoms with E-state index in [9.17, 15) is 4.79 Å². The minimum atomic E-state index is -0.144. The number of amides is 1. The highest BCUT2D eigenvalue weighted by Gasteiger charge is 2.20. The van der Waals surface area contributed by atoms with Crippen LogP contribution in [-0.2, 0) is 0 Å². The van der Waals surface area contributed by atoms with Gasteiger partial charge in [0.2, 0.25) is 0 Å². The summed E-state index contributed by atoms with van der Waals surface area (Å²) in [6.45, 7) is 6.61. The van der Waals surface area contributed by atoms with Crippen LogP contribution in [0.15, 0.2) is 67.1 Å². The number of carbonyl (C=O) groups is 1. The Balaban J connectivity index is 1.26. The molecule has 4 rings (SSSR count). The predicted molar refractivity (Wildman–Crippen MR) is 117 cm³/mol. The SMILES string of the molecule is CC(CN1CCN(c2ccccn2)CC1)NC(=O)c1cnc(-c2ccccc2)nc1. The zero-order valence-corrected chi connectivity index (χ0v) is 17.1. The van der Waals surface area contributed by atoms with Gasteiger partial charge in [-0.1, -0.05) is 36.4 Å². The lowest BCUT2D eigenvalue weighted by Gasteiger charge is -2.36.